The number of nitrogens with zero attached hydrogens (tertiary/aromatic N) is 2. The van der Waals surface area contributed by atoms with Crippen molar-refractivity contribution in [3.8, 4) is 11.5 Å². The molecule has 1 aliphatic rings. The Morgan fingerprint density at radius 2 is 1.97 bits per heavy atom. The fourth-order valence-electron chi connectivity index (χ4n) is 3.69. The summed E-state index contributed by atoms with van der Waals surface area (Å²) in [6.45, 7) is 2.32. The molecule has 1 unspecified atom stereocenters. The van der Waals surface area contributed by atoms with E-state index in [4.69, 9.17) is 4.42 Å². The van der Waals surface area contributed by atoms with Gasteiger partial charge in [-0.3, -0.25) is 9.59 Å². The Bertz CT molecular complexity index is 1160. The van der Waals surface area contributed by atoms with Gasteiger partial charge in [0.2, 0.25) is 17.7 Å². The molecule has 3 aromatic rings. The number of halogens is 3. The highest BCUT2D eigenvalue weighted by Gasteiger charge is 2.36. The maximum absolute atomic E-state index is 13.0. The Morgan fingerprint density at radius 1 is 1.21 bits per heavy atom. The Morgan fingerprint density at radius 3 is 2.70 bits per heavy atom. The minimum atomic E-state index is -4.50. The van der Waals surface area contributed by atoms with Crippen LogP contribution in [-0.4, -0.2) is 29.9 Å². The Balaban J connectivity index is 1.31. The van der Waals surface area contributed by atoms with Crippen molar-refractivity contribution in [1.82, 2.24) is 10.3 Å². The maximum atomic E-state index is 13.0. The van der Waals surface area contributed by atoms with Crippen LogP contribution < -0.4 is 10.2 Å². The minimum Gasteiger partial charge on any atom is -0.444 e. The quantitative estimate of drug-likeness (QED) is 0.596. The lowest BCUT2D eigenvalue weighted by molar-refractivity contribution is -0.137. The van der Waals surface area contributed by atoms with Crippen LogP contribution in [-0.2, 0) is 22.2 Å². The summed E-state index contributed by atoms with van der Waals surface area (Å²) in [6.07, 6.45) is -2.57. The second kappa shape index (κ2) is 9.09. The van der Waals surface area contributed by atoms with Crippen LogP contribution in [0.25, 0.3) is 11.5 Å². The zero-order valence-electron chi connectivity index (χ0n) is 17.9. The van der Waals surface area contributed by atoms with Crippen molar-refractivity contribution in [2.24, 2.45) is 5.92 Å². The number of anilines is 1. The second-order valence-corrected chi connectivity index (χ2v) is 8.00. The van der Waals surface area contributed by atoms with Crippen LogP contribution in [0.4, 0.5) is 18.9 Å². The van der Waals surface area contributed by atoms with Gasteiger partial charge < -0.3 is 14.6 Å². The summed E-state index contributed by atoms with van der Waals surface area (Å²) in [5.74, 6) is -0.837. The Hall–Kier alpha value is -3.62. The van der Waals surface area contributed by atoms with Crippen LogP contribution in [0.3, 0.4) is 0 Å². The Kier molecular flexibility index (Phi) is 6.22. The summed E-state index contributed by atoms with van der Waals surface area (Å²) >= 11 is 0. The average Bonchev–Trinajstić information content (AvgIpc) is 3.41. The highest BCUT2D eigenvalue weighted by molar-refractivity contribution is 6.00. The molecule has 2 aromatic carbocycles. The zero-order chi connectivity index (χ0) is 23.6. The number of hydrogen-bond donors (Lipinski definition) is 1. The largest absolute Gasteiger partial charge is 0.444 e. The third kappa shape index (κ3) is 5.24. The molecule has 33 heavy (non-hydrogen) atoms. The first-order valence-electron chi connectivity index (χ1n) is 10.5. The Labute approximate surface area is 188 Å². The van der Waals surface area contributed by atoms with E-state index in [1.807, 2.05) is 31.2 Å². The zero-order valence-corrected chi connectivity index (χ0v) is 17.9. The van der Waals surface area contributed by atoms with Gasteiger partial charge in [-0.25, -0.2) is 4.98 Å². The number of alkyl halides is 3. The fourth-order valence-corrected chi connectivity index (χ4v) is 3.69. The van der Waals surface area contributed by atoms with E-state index in [0.717, 1.165) is 23.3 Å². The van der Waals surface area contributed by atoms with Gasteiger partial charge >= 0.3 is 6.18 Å². The predicted molar refractivity (Wildman–Crippen MR) is 115 cm³/mol. The number of aryl methyl sites for hydroxylation is 1. The maximum Gasteiger partial charge on any atom is 0.416 e. The van der Waals surface area contributed by atoms with Crippen LogP contribution >= 0.6 is 0 Å². The van der Waals surface area contributed by atoms with Crippen LogP contribution in [0.1, 0.15) is 23.2 Å². The monoisotopic (exact) mass is 457 g/mol. The molecule has 1 aliphatic heterocycles. The van der Waals surface area contributed by atoms with Gasteiger partial charge in [0.05, 0.1) is 17.2 Å². The highest BCUT2D eigenvalue weighted by Crippen LogP contribution is 2.33. The molecular formula is C24H22F3N3O3. The number of carbonyl (C=O) groups is 2. The number of rotatable bonds is 6. The SMILES string of the molecule is Cc1ccc(-c2nc(CCNC(=O)C3CC(=O)N(c4cccc(C(F)(F)F)c4)C3)co2)cc1. The number of amides is 2. The molecule has 0 bridgehead atoms. The van der Waals surface area contributed by atoms with Crippen molar-refractivity contribution < 1.29 is 27.2 Å². The molecule has 0 radical (unpaired) electrons. The van der Waals surface area contributed by atoms with E-state index >= 15 is 0 Å². The summed E-state index contributed by atoms with van der Waals surface area (Å²) in [5.41, 5.74) is 1.97. The predicted octanol–water partition coefficient (Wildman–Crippen LogP) is 4.38. The number of hydrogen-bond acceptors (Lipinski definition) is 4. The smallest absolute Gasteiger partial charge is 0.416 e. The molecule has 0 saturated carbocycles. The summed E-state index contributed by atoms with van der Waals surface area (Å²) in [7, 11) is 0. The third-order valence-corrected chi connectivity index (χ3v) is 5.51. The van der Waals surface area contributed by atoms with E-state index in [-0.39, 0.29) is 30.5 Å². The lowest BCUT2D eigenvalue weighted by atomic mass is 10.1. The number of oxazole rings is 1. The van der Waals surface area contributed by atoms with Crippen molar-refractivity contribution in [1.29, 1.82) is 0 Å². The number of carbonyl (C=O) groups excluding carboxylic acids is 2. The van der Waals surface area contributed by atoms with Gasteiger partial charge in [0, 0.05) is 37.2 Å². The van der Waals surface area contributed by atoms with E-state index in [2.05, 4.69) is 10.3 Å². The summed E-state index contributed by atoms with van der Waals surface area (Å²) in [5, 5.41) is 2.78. The molecule has 6 nitrogen and oxygen atoms in total. The lowest BCUT2D eigenvalue weighted by Crippen LogP contribution is -2.34. The molecule has 0 aliphatic carbocycles. The first kappa shape index (κ1) is 22.6. The molecule has 172 valence electrons. The molecule has 1 saturated heterocycles. The molecule has 0 spiro atoms. The van der Waals surface area contributed by atoms with E-state index in [1.165, 1.54) is 23.3 Å². The van der Waals surface area contributed by atoms with Crippen molar-refractivity contribution in [2.75, 3.05) is 18.0 Å². The molecule has 2 amide bonds. The second-order valence-electron chi connectivity index (χ2n) is 8.00. The fraction of sp³-hybridized carbons (Fsp3) is 0.292. The molecule has 9 heteroatoms. The van der Waals surface area contributed by atoms with Crippen LogP contribution in [0, 0.1) is 12.8 Å². The topological polar surface area (TPSA) is 75.4 Å². The van der Waals surface area contributed by atoms with Crippen molar-refractivity contribution in [2.45, 2.75) is 25.9 Å². The lowest BCUT2D eigenvalue weighted by Gasteiger charge is -2.18. The first-order valence-corrected chi connectivity index (χ1v) is 10.5. The molecule has 1 N–H and O–H groups in total. The van der Waals surface area contributed by atoms with E-state index < -0.39 is 17.7 Å². The number of nitrogens with one attached hydrogen (secondary N) is 1. The number of aromatic nitrogens is 1. The van der Waals surface area contributed by atoms with Gasteiger partial charge in [-0.15, -0.1) is 0 Å². The molecule has 2 heterocycles. The molecular weight excluding hydrogens is 435 g/mol. The number of benzene rings is 2. The normalized spacial score (nSPS) is 16.3. The van der Waals surface area contributed by atoms with Crippen molar-refractivity contribution >= 4 is 17.5 Å². The van der Waals surface area contributed by atoms with Gasteiger partial charge in [0.25, 0.3) is 0 Å². The summed E-state index contributed by atoms with van der Waals surface area (Å²) in [6, 6.07) is 12.3. The standard InChI is InChI=1S/C24H22F3N3O3/c1-15-5-7-16(8-6-15)23-29-19(14-33-23)9-10-28-22(32)17-11-21(31)30(13-17)20-4-2-3-18(12-20)24(25,26)27/h2-8,12,14,17H,9-11,13H2,1H3,(H,28,32). The van der Waals surface area contributed by atoms with Gasteiger partial charge in [0.1, 0.15) is 6.26 Å². The first-order chi connectivity index (χ1) is 15.7. The van der Waals surface area contributed by atoms with E-state index in [0.29, 0.717) is 24.6 Å². The molecule has 4 rings (SSSR count). The van der Waals surface area contributed by atoms with Crippen molar-refractivity contribution in [3.63, 3.8) is 0 Å². The highest BCUT2D eigenvalue weighted by atomic mass is 19.4. The third-order valence-electron chi connectivity index (χ3n) is 5.51. The summed E-state index contributed by atoms with van der Waals surface area (Å²) < 4.78 is 44.4. The van der Waals surface area contributed by atoms with Gasteiger partial charge in [-0.2, -0.15) is 13.2 Å². The van der Waals surface area contributed by atoms with E-state index in [1.54, 1.807) is 0 Å². The molecule has 1 aromatic heterocycles. The average molecular weight is 457 g/mol. The summed E-state index contributed by atoms with van der Waals surface area (Å²) in [4.78, 5) is 30.5. The minimum absolute atomic E-state index is 0.0352. The van der Waals surface area contributed by atoms with Crippen LogP contribution in [0.5, 0.6) is 0 Å². The van der Waals surface area contributed by atoms with E-state index in [9.17, 15) is 22.8 Å². The van der Waals surface area contributed by atoms with Crippen molar-refractivity contribution in [3.05, 3.63) is 71.6 Å². The van der Waals surface area contributed by atoms with Gasteiger partial charge in [-0.1, -0.05) is 23.8 Å². The van der Waals surface area contributed by atoms with Crippen LogP contribution in [0.2, 0.25) is 0 Å². The molecule has 1 fully saturated rings. The van der Waals surface area contributed by atoms with Crippen LogP contribution in [0.15, 0.2) is 59.2 Å². The van der Waals surface area contributed by atoms with Gasteiger partial charge in [-0.05, 0) is 37.3 Å². The van der Waals surface area contributed by atoms with Gasteiger partial charge in [0.15, 0.2) is 0 Å². The molecule has 1 atom stereocenters.